The molecule has 1 saturated carbocycles. The molecule has 1 aliphatic heterocycles. The number of carbonyl (C=O) groups excluding carboxylic acids is 1. The van der Waals surface area contributed by atoms with E-state index in [0.717, 1.165) is 10.8 Å². The van der Waals surface area contributed by atoms with Crippen molar-refractivity contribution in [1.29, 1.82) is 0 Å². The van der Waals surface area contributed by atoms with Crippen molar-refractivity contribution >= 4 is 28.5 Å². The summed E-state index contributed by atoms with van der Waals surface area (Å²) in [6.07, 6.45) is 4.82. The average Bonchev–Trinajstić information content (AvgIpc) is 2.26. The van der Waals surface area contributed by atoms with E-state index < -0.39 is 0 Å². The molecule has 1 atom stereocenters. The summed E-state index contributed by atoms with van der Waals surface area (Å²) in [6, 6.07) is 0. The molecule has 2 nitrogen and oxygen atoms in total. The van der Waals surface area contributed by atoms with Gasteiger partial charge >= 0.3 is 0 Å². The van der Waals surface area contributed by atoms with E-state index in [-0.39, 0.29) is 5.54 Å². The van der Waals surface area contributed by atoms with Gasteiger partial charge in [0.15, 0.2) is 0 Å². The zero-order chi connectivity index (χ0) is 7.90. The molecular weight excluding hydrogens is 253 g/mol. The Morgan fingerprint density at radius 1 is 1.64 bits per heavy atom. The van der Waals surface area contributed by atoms with Crippen LogP contribution >= 0.6 is 22.6 Å². The molecule has 1 saturated heterocycles. The van der Waals surface area contributed by atoms with E-state index in [1.165, 1.54) is 19.3 Å². The number of hydrogen-bond donors (Lipinski definition) is 1. The van der Waals surface area contributed by atoms with Crippen LogP contribution in [0.3, 0.4) is 0 Å². The Bertz CT molecular complexity index is 189. The zero-order valence-corrected chi connectivity index (χ0v) is 8.56. The minimum atomic E-state index is 0.257. The van der Waals surface area contributed by atoms with Crippen LogP contribution < -0.4 is 5.32 Å². The molecule has 1 amide bonds. The number of hydrogen-bond acceptors (Lipinski definition) is 1. The first kappa shape index (κ1) is 7.83. The summed E-state index contributed by atoms with van der Waals surface area (Å²) in [4.78, 5) is 11.3. The average molecular weight is 265 g/mol. The van der Waals surface area contributed by atoms with E-state index in [0.29, 0.717) is 11.8 Å². The summed E-state index contributed by atoms with van der Waals surface area (Å²) in [5, 5.41) is 3.12. The molecule has 11 heavy (non-hydrogen) atoms. The van der Waals surface area contributed by atoms with E-state index in [1.54, 1.807) is 0 Å². The lowest BCUT2D eigenvalue weighted by Crippen LogP contribution is -2.47. The Balaban J connectivity index is 2.05. The Morgan fingerprint density at radius 3 is 2.64 bits per heavy atom. The highest BCUT2D eigenvalue weighted by molar-refractivity contribution is 14.1. The predicted octanol–water partition coefficient (Wildman–Crippen LogP) is 1.48. The molecule has 0 unspecified atom stereocenters. The minimum absolute atomic E-state index is 0.257. The summed E-state index contributed by atoms with van der Waals surface area (Å²) in [6.45, 7) is 0. The van der Waals surface area contributed by atoms with Crippen LogP contribution in [0.2, 0.25) is 0 Å². The molecule has 0 aromatic heterocycles. The lowest BCUT2D eigenvalue weighted by atomic mass is 9.75. The van der Waals surface area contributed by atoms with Gasteiger partial charge in [0.1, 0.15) is 0 Å². The summed E-state index contributed by atoms with van der Waals surface area (Å²) in [5.74, 6) is 0.593. The lowest BCUT2D eigenvalue weighted by Gasteiger charge is -2.38. The van der Waals surface area contributed by atoms with Gasteiger partial charge in [0.2, 0.25) is 5.91 Å². The van der Waals surface area contributed by atoms with Gasteiger partial charge in [-0.2, -0.15) is 0 Å². The van der Waals surface area contributed by atoms with Crippen molar-refractivity contribution in [3.05, 3.63) is 0 Å². The van der Waals surface area contributed by atoms with Crippen LogP contribution in [0, 0.1) is 5.92 Å². The number of alkyl halides is 1. The quantitative estimate of drug-likeness (QED) is 0.564. The summed E-state index contributed by atoms with van der Waals surface area (Å²) in [5.41, 5.74) is 0.257. The summed E-state index contributed by atoms with van der Waals surface area (Å²) >= 11 is 2.30. The van der Waals surface area contributed by atoms with Crippen LogP contribution in [-0.4, -0.2) is 15.9 Å². The van der Waals surface area contributed by atoms with E-state index in [2.05, 4.69) is 27.9 Å². The maximum Gasteiger partial charge on any atom is 0.224 e. The number of nitrogens with one attached hydrogen (secondary N) is 1. The monoisotopic (exact) mass is 265 g/mol. The molecule has 0 aromatic rings. The first-order valence-electron chi connectivity index (χ1n) is 4.14. The minimum Gasteiger partial charge on any atom is -0.350 e. The predicted molar refractivity (Wildman–Crippen MR) is 51.7 cm³/mol. The van der Waals surface area contributed by atoms with Crippen LogP contribution in [0.4, 0.5) is 0 Å². The van der Waals surface area contributed by atoms with Gasteiger partial charge in [0.25, 0.3) is 0 Å². The van der Waals surface area contributed by atoms with Crippen LogP contribution in [-0.2, 0) is 4.79 Å². The third-order valence-electron chi connectivity index (χ3n) is 2.89. The van der Waals surface area contributed by atoms with E-state index in [9.17, 15) is 4.79 Å². The van der Waals surface area contributed by atoms with Crippen molar-refractivity contribution in [2.75, 3.05) is 4.43 Å². The third-order valence-corrected chi connectivity index (χ3v) is 3.96. The van der Waals surface area contributed by atoms with Gasteiger partial charge in [0, 0.05) is 15.9 Å². The molecule has 1 N–H and O–H groups in total. The van der Waals surface area contributed by atoms with E-state index in [1.807, 2.05) is 0 Å². The highest BCUT2D eigenvalue weighted by Gasteiger charge is 2.47. The molecule has 2 fully saturated rings. The normalized spacial score (nSPS) is 33.5. The lowest BCUT2D eigenvalue weighted by molar-refractivity contribution is -0.122. The van der Waals surface area contributed by atoms with Crippen molar-refractivity contribution < 1.29 is 4.79 Å². The van der Waals surface area contributed by atoms with Crippen molar-refractivity contribution in [1.82, 2.24) is 5.32 Å². The first-order valence-corrected chi connectivity index (χ1v) is 5.66. The van der Waals surface area contributed by atoms with Gasteiger partial charge in [0.05, 0.1) is 0 Å². The van der Waals surface area contributed by atoms with E-state index >= 15 is 0 Å². The molecular formula is C8H12INO. The summed E-state index contributed by atoms with van der Waals surface area (Å²) < 4.78 is 0.978. The van der Waals surface area contributed by atoms with Crippen molar-refractivity contribution in [2.45, 2.75) is 31.2 Å². The Hall–Kier alpha value is 0.200. The largest absolute Gasteiger partial charge is 0.350 e. The fraction of sp³-hybridized carbons (Fsp3) is 0.875. The second kappa shape index (κ2) is 2.61. The van der Waals surface area contributed by atoms with Crippen molar-refractivity contribution in [3.63, 3.8) is 0 Å². The highest BCUT2D eigenvalue weighted by Crippen LogP contribution is 2.41. The molecule has 3 heteroatoms. The van der Waals surface area contributed by atoms with Crippen LogP contribution in [0.15, 0.2) is 0 Å². The first-order chi connectivity index (χ1) is 5.26. The number of amides is 1. The van der Waals surface area contributed by atoms with Gasteiger partial charge in [-0.3, -0.25) is 4.79 Å². The number of carbonyl (C=O) groups is 1. The molecule has 0 radical (unpaired) electrons. The van der Waals surface area contributed by atoms with E-state index in [4.69, 9.17) is 0 Å². The molecule has 2 aliphatic rings. The SMILES string of the molecule is O=C1NC2(CCC2)C[C@H]1CI. The zero-order valence-electron chi connectivity index (χ0n) is 6.40. The molecule has 62 valence electrons. The Kier molecular flexibility index (Phi) is 1.85. The smallest absolute Gasteiger partial charge is 0.224 e. The van der Waals surface area contributed by atoms with Crippen LogP contribution in [0.1, 0.15) is 25.7 Å². The second-order valence-corrected chi connectivity index (χ2v) is 4.56. The van der Waals surface area contributed by atoms with Gasteiger partial charge in [-0.1, -0.05) is 22.6 Å². The topological polar surface area (TPSA) is 29.1 Å². The Morgan fingerprint density at radius 2 is 2.36 bits per heavy atom. The molecule has 1 spiro atoms. The molecule has 1 heterocycles. The second-order valence-electron chi connectivity index (χ2n) is 3.68. The van der Waals surface area contributed by atoms with Crippen LogP contribution in [0.5, 0.6) is 0 Å². The molecule has 2 rings (SSSR count). The number of halogens is 1. The van der Waals surface area contributed by atoms with Gasteiger partial charge in [-0.05, 0) is 25.7 Å². The maximum absolute atomic E-state index is 11.3. The fourth-order valence-corrected chi connectivity index (χ4v) is 2.75. The van der Waals surface area contributed by atoms with Crippen molar-refractivity contribution in [2.24, 2.45) is 5.92 Å². The molecule has 1 aliphatic carbocycles. The highest BCUT2D eigenvalue weighted by atomic mass is 127. The fourth-order valence-electron chi connectivity index (χ4n) is 2.04. The number of rotatable bonds is 1. The van der Waals surface area contributed by atoms with Crippen molar-refractivity contribution in [3.8, 4) is 0 Å². The third kappa shape index (κ3) is 1.17. The van der Waals surface area contributed by atoms with Gasteiger partial charge in [-0.15, -0.1) is 0 Å². The molecule has 0 aromatic carbocycles. The Labute approximate surface area is 80.3 Å². The summed E-state index contributed by atoms with van der Waals surface area (Å²) in [7, 11) is 0. The maximum atomic E-state index is 11.3. The van der Waals surface area contributed by atoms with Gasteiger partial charge < -0.3 is 5.32 Å². The standard InChI is InChI=1S/C8H12INO/c9-5-6-4-8(2-1-3-8)10-7(6)11/h6H,1-5H2,(H,10,11)/t6-/m0/s1. The molecule has 0 bridgehead atoms. The van der Waals surface area contributed by atoms with Crippen LogP contribution in [0.25, 0.3) is 0 Å². The van der Waals surface area contributed by atoms with Gasteiger partial charge in [-0.25, -0.2) is 0 Å².